The lowest BCUT2D eigenvalue weighted by Crippen LogP contribution is -2.54. The van der Waals surface area contributed by atoms with Gasteiger partial charge in [-0.2, -0.15) is 0 Å². The lowest BCUT2D eigenvalue weighted by molar-refractivity contribution is -0.142. The number of carboxylic acid groups (broad SMARTS) is 2. The number of hydrogen-bond acceptors (Lipinski definition) is 6. The molecule has 21 heavy (non-hydrogen) atoms. The summed E-state index contributed by atoms with van der Waals surface area (Å²) in [4.78, 5) is 44.5. The van der Waals surface area contributed by atoms with Gasteiger partial charge >= 0.3 is 11.9 Å². The van der Waals surface area contributed by atoms with Crippen molar-refractivity contribution in [1.29, 1.82) is 0 Å². The second-order valence-corrected chi connectivity index (χ2v) is 4.35. The number of rotatable bonds is 9. The quantitative estimate of drug-likeness (QED) is 0.265. The van der Waals surface area contributed by atoms with Crippen LogP contribution in [0.2, 0.25) is 0 Å². The molecule has 0 bridgehead atoms. The van der Waals surface area contributed by atoms with E-state index in [0.29, 0.717) is 0 Å². The van der Waals surface area contributed by atoms with E-state index in [0.717, 1.165) is 0 Å². The number of aliphatic carboxylic acids is 2. The molecule has 0 heterocycles. The maximum absolute atomic E-state index is 11.8. The third kappa shape index (κ3) is 7.22. The number of amides is 2. The molecule has 2 amide bonds. The van der Waals surface area contributed by atoms with Crippen LogP contribution in [0, 0.1) is 0 Å². The first-order valence-electron chi connectivity index (χ1n) is 6.10. The van der Waals surface area contributed by atoms with Crippen molar-refractivity contribution in [1.82, 2.24) is 10.6 Å². The van der Waals surface area contributed by atoms with E-state index < -0.39 is 54.9 Å². The Morgan fingerprint density at radius 1 is 1.10 bits per heavy atom. The molecule has 0 radical (unpaired) electrons. The highest BCUT2D eigenvalue weighted by Gasteiger charge is 2.26. The highest BCUT2D eigenvalue weighted by Crippen LogP contribution is 2.00. The minimum atomic E-state index is -1.28. The summed E-state index contributed by atoms with van der Waals surface area (Å²) in [5.41, 5.74) is 5.27. The lowest BCUT2D eigenvalue weighted by atomic mass is 10.1. The second-order valence-electron chi connectivity index (χ2n) is 4.35. The van der Waals surface area contributed by atoms with Crippen LogP contribution in [0.4, 0.5) is 0 Å². The third-order valence-corrected chi connectivity index (χ3v) is 2.54. The summed E-state index contributed by atoms with van der Waals surface area (Å²) in [5.74, 6) is -4.14. The van der Waals surface area contributed by atoms with Crippen LogP contribution in [0.5, 0.6) is 0 Å². The van der Waals surface area contributed by atoms with Gasteiger partial charge in [0.05, 0.1) is 6.61 Å². The van der Waals surface area contributed by atoms with Gasteiger partial charge in [0.25, 0.3) is 0 Å². The first-order chi connectivity index (χ1) is 9.68. The van der Waals surface area contributed by atoms with E-state index in [1.165, 1.54) is 6.92 Å². The number of nitrogens with one attached hydrogen (secondary N) is 2. The molecular formula is C11H19N3O7. The zero-order valence-electron chi connectivity index (χ0n) is 11.4. The van der Waals surface area contributed by atoms with E-state index in [1.54, 1.807) is 0 Å². The molecule has 0 aliphatic carbocycles. The van der Waals surface area contributed by atoms with E-state index in [2.05, 4.69) is 10.6 Å². The van der Waals surface area contributed by atoms with Gasteiger partial charge in [-0.1, -0.05) is 0 Å². The zero-order chi connectivity index (χ0) is 16.6. The molecule has 3 unspecified atom stereocenters. The van der Waals surface area contributed by atoms with Gasteiger partial charge in [0.2, 0.25) is 11.8 Å². The fraction of sp³-hybridized carbons (Fsp3) is 0.636. The predicted molar refractivity (Wildman–Crippen MR) is 69.1 cm³/mol. The Bertz CT molecular complexity index is 413. The summed E-state index contributed by atoms with van der Waals surface area (Å²) >= 11 is 0. The van der Waals surface area contributed by atoms with E-state index in [9.17, 15) is 19.2 Å². The molecule has 0 aromatic heterocycles. The van der Waals surface area contributed by atoms with Crippen LogP contribution in [0.25, 0.3) is 0 Å². The molecule has 3 atom stereocenters. The highest BCUT2D eigenvalue weighted by molar-refractivity contribution is 5.91. The van der Waals surface area contributed by atoms with E-state index in [4.69, 9.17) is 21.1 Å². The van der Waals surface area contributed by atoms with Gasteiger partial charge in [0.15, 0.2) is 0 Å². The average Bonchev–Trinajstić information content (AvgIpc) is 2.41. The molecule has 10 nitrogen and oxygen atoms in total. The van der Waals surface area contributed by atoms with Crippen LogP contribution in [0.1, 0.15) is 19.8 Å². The average molecular weight is 305 g/mol. The Morgan fingerprint density at radius 2 is 1.67 bits per heavy atom. The largest absolute Gasteiger partial charge is 0.481 e. The van der Waals surface area contributed by atoms with Gasteiger partial charge in [-0.25, -0.2) is 0 Å². The molecule has 0 rings (SSSR count). The highest BCUT2D eigenvalue weighted by atomic mass is 16.4. The number of hydrogen-bond donors (Lipinski definition) is 6. The SMILES string of the molecule is CC(NC(=O)C(CCC(=O)O)NC(=O)C(N)CO)C(=O)O. The topological polar surface area (TPSA) is 179 Å². The van der Waals surface area contributed by atoms with Crippen molar-refractivity contribution in [3.8, 4) is 0 Å². The summed E-state index contributed by atoms with van der Waals surface area (Å²) in [6.45, 7) is 0.570. The maximum Gasteiger partial charge on any atom is 0.325 e. The fourth-order valence-electron chi connectivity index (χ4n) is 1.27. The fourth-order valence-corrected chi connectivity index (χ4v) is 1.27. The van der Waals surface area contributed by atoms with Gasteiger partial charge in [0.1, 0.15) is 18.1 Å². The second kappa shape index (κ2) is 8.87. The normalized spacial score (nSPS) is 14.6. The van der Waals surface area contributed by atoms with Crippen LogP contribution in [0.3, 0.4) is 0 Å². The van der Waals surface area contributed by atoms with Crippen LogP contribution in [-0.2, 0) is 19.2 Å². The summed E-state index contributed by atoms with van der Waals surface area (Å²) in [5, 5.41) is 30.3. The Hall–Kier alpha value is -2.20. The Balaban J connectivity index is 4.79. The molecule has 0 aliphatic rings. The molecule has 120 valence electrons. The van der Waals surface area contributed by atoms with Crippen molar-refractivity contribution in [2.24, 2.45) is 5.73 Å². The first kappa shape index (κ1) is 18.8. The molecule has 0 fully saturated rings. The molecule has 0 saturated carbocycles. The van der Waals surface area contributed by atoms with Gasteiger partial charge in [-0.3, -0.25) is 19.2 Å². The number of nitrogens with two attached hydrogens (primary N) is 1. The molecule has 0 saturated heterocycles. The molecule has 0 aromatic carbocycles. The van der Waals surface area contributed by atoms with Crippen LogP contribution < -0.4 is 16.4 Å². The Labute approximate surface area is 120 Å². The number of aliphatic hydroxyl groups excluding tert-OH is 1. The minimum Gasteiger partial charge on any atom is -0.481 e. The van der Waals surface area contributed by atoms with Crippen molar-refractivity contribution in [2.75, 3.05) is 6.61 Å². The Morgan fingerprint density at radius 3 is 2.10 bits per heavy atom. The maximum atomic E-state index is 11.8. The molecule has 7 N–H and O–H groups in total. The third-order valence-electron chi connectivity index (χ3n) is 2.54. The number of carboxylic acids is 2. The van der Waals surface area contributed by atoms with Crippen molar-refractivity contribution in [3.63, 3.8) is 0 Å². The number of carbonyl (C=O) groups is 4. The summed E-state index contributed by atoms with van der Waals surface area (Å²) in [6.07, 6.45) is -0.647. The van der Waals surface area contributed by atoms with Gasteiger partial charge in [-0.05, 0) is 13.3 Å². The van der Waals surface area contributed by atoms with Crippen molar-refractivity contribution in [3.05, 3.63) is 0 Å². The smallest absolute Gasteiger partial charge is 0.325 e. The van der Waals surface area contributed by atoms with E-state index in [1.807, 2.05) is 0 Å². The molecule has 0 aliphatic heterocycles. The van der Waals surface area contributed by atoms with E-state index >= 15 is 0 Å². The molecule has 0 aromatic rings. The Kier molecular flexibility index (Phi) is 7.94. The molecule has 0 spiro atoms. The predicted octanol–water partition coefficient (Wildman–Crippen LogP) is -2.76. The minimum absolute atomic E-state index is 0.239. The monoisotopic (exact) mass is 305 g/mol. The lowest BCUT2D eigenvalue weighted by Gasteiger charge is -2.20. The van der Waals surface area contributed by atoms with Gasteiger partial charge in [-0.15, -0.1) is 0 Å². The summed E-state index contributed by atoms with van der Waals surface area (Å²) < 4.78 is 0. The van der Waals surface area contributed by atoms with Crippen LogP contribution in [0.15, 0.2) is 0 Å². The van der Waals surface area contributed by atoms with Crippen molar-refractivity contribution in [2.45, 2.75) is 37.9 Å². The standard InChI is InChI=1S/C11H19N3O7/c1-5(11(20)21)13-10(19)7(2-3-8(16)17)14-9(18)6(12)4-15/h5-7,15H,2-4,12H2,1H3,(H,13,19)(H,14,18)(H,16,17)(H,20,21). The molecule has 10 heteroatoms. The molecular weight excluding hydrogens is 286 g/mol. The first-order valence-corrected chi connectivity index (χ1v) is 6.10. The summed E-state index contributed by atoms with van der Waals surface area (Å²) in [7, 11) is 0. The zero-order valence-corrected chi connectivity index (χ0v) is 11.4. The summed E-state index contributed by atoms with van der Waals surface area (Å²) in [6, 6.07) is -3.72. The van der Waals surface area contributed by atoms with Crippen LogP contribution >= 0.6 is 0 Å². The number of aliphatic hydroxyl groups is 1. The number of carbonyl (C=O) groups excluding carboxylic acids is 2. The van der Waals surface area contributed by atoms with Crippen molar-refractivity contribution < 1.29 is 34.5 Å². The van der Waals surface area contributed by atoms with Gasteiger partial charge < -0.3 is 31.7 Å². The van der Waals surface area contributed by atoms with E-state index in [-0.39, 0.29) is 6.42 Å². The van der Waals surface area contributed by atoms with Crippen LogP contribution in [-0.4, -0.2) is 63.8 Å². The van der Waals surface area contributed by atoms with Crippen molar-refractivity contribution >= 4 is 23.8 Å². The van der Waals surface area contributed by atoms with Gasteiger partial charge in [0, 0.05) is 6.42 Å².